The zero-order chi connectivity index (χ0) is 22.1. The summed E-state index contributed by atoms with van der Waals surface area (Å²) in [6.45, 7) is 10.1. The van der Waals surface area contributed by atoms with E-state index in [-0.39, 0.29) is 22.5 Å². The fourth-order valence-corrected chi connectivity index (χ4v) is 3.65. The first-order chi connectivity index (χ1) is 14.2. The number of rotatable bonds is 10. The first-order valence-corrected chi connectivity index (χ1v) is 11.5. The van der Waals surface area contributed by atoms with Crippen molar-refractivity contribution in [2.75, 3.05) is 5.32 Å². The average molecular weight is 427 g/mol. The van der Waals surface area contributed by atoms with Crippen molar-refractivity contribution in [2.45, 2.75) is 65.0 Å². The topological polar surface area (TPSA) is 58.2 Å². The normalized spacial score (nSPS) is 11.4. The Bertz CT molecular complexity index is 827. The van der Waals surface area contributed by atoms with E-state index >= 15 is 0 Å². The van der Waals surface area contributed by atoms with E-state index in [1.807, 2.05) is 62.4 Å². The van der Waals surface area contributed by atoms with Crippen molar-refractivity contribution in [2.24, 2.45) is 5.92 Å². The standard InChI is InChI=1S/C25H34N2O2S/c1-6-7-8-9-19-10-12-20(13-11-19)24(29)27-30-25(4,5)21-14-16-22(17-15-21)26-23(28)18(2)3/h10-18H,6-9H2,1-5H3,(H,26,28)(H,27,29). The number of unbranched alkanes of at least 4 members (excludes halogenated alkanes) is 2. The number of hydrogen-bond acceptors (Lipinski definition) is 3. The summed E-state index contributed by atoms with van der Waals surface area (Å²) in [4.78, 5) is 24.4. The van der Waals surface area contributed by atoms with E-state index in [1.54, 1.807) is 0 Å². The van der Waals surface area contributed by atoms with E-state index in [0.717, 1.165) is 17.7 Å². The zero-order valence-corrected chi connectivity index (χ0v) is 19.6. The number of hydrogen-bond donors (Lipinski definition) is 2. The lowest BCUT2D eigenvalue weighted by molar-refractivity contribution is -0.118. The van der Waals surface area contributed by atoms with Crippen LogP contribution in [0.5, 0.6) is 0 Å². The molecule has 0 aromatic heterocycles. The van der Waals surface area contributed by atoms with Crippen molar-refractivity contribution in [3.8, 4) is 0 Å². The van der Waals surface area contributed by atoms with Crippen LogP contribution in [0.4, 0.5) is 5.69 Å². The molecule has 4 nitrogen and oxygen atoms in total. The quantitative estimate of drug-likeness (QED) is 0.345. The summed E-state index contributed by atoms with van der Waals surface area (Å²) >= 11 is 1.39. The van der Waals surface area contributed by atoms with Crippen molar-refractivity contribution in [1.29, 1.82) is 0 Å². The number of carbonyl (C=O) groups is 2. The molecule has 0 heterocycles. The van der Waals surface area contributed by atoms with Crippen molar-refractivity contribution < 1.29 is 9.59 Å². The van der Waals surface area contributed by atoms with E-state index in [9.17, 15) is 9.59 Å². The molecule has 0 atom stereocenters. The third-order valence-corrected chi connectivity index (χ3v) is 6.09. The van der Waals surface area contributed by atoms with E-state index < -0.39 is 0 Å². The number of nitrogens with one attached hydrogen (secondary N) is 2. The van der Waals surface area contributed by atoms with Gasteiger partial charge in [-0.2, -0.15) is 0 Å². The van der Waals surface area contributed by atoms with Gasteiger partial charge < -0.3 is 5.32 Å². The molecule has 2 aromatic rings. The van der Waals surface area contributed by atoms with Gasteiger partial charge in [-0.15, -0.1) is 0 Å². The van der Waals surface area contributed by atoms with Crippen LogP contribution < -0.4 is 10.0 Å². The summed E-state index contributed by atoms with van der Waals surface area (Å²) in [6, 6.07) is 15.7. The molecule has 2 rings (SSSR count). The van der Waals surface area contributed by atoms with Crippen LogP contribution in [-0.4, -0.2) is 11.8 Å². The van der Waals surface area contributed by atoms with Crippen LogP contribution in [0.3, 0.4) is 0 Å². The van der Waals surface area contributed by atoms with Crippen molar-refractivity contribution in [3.05, 3.63) is 65.2 Å². The minimum Gasteiger partial charge on any atom is -0.326 e. The Labute approximate surface area is 185 Å². The molecule has 2 amide bonds. The minimum absolute atomic E-state index is 0.0000284. The Morgan fingerprint density at radius 2 is 1.60 bits per heavy atom. The molecule has 0 aliphatic rings. The van der Waals surface area contributed by atoms with Gasteiger partial charge in [-0.1, -0.05) is 57.9 Å². The molecule has 2 aromatic carbocycles. The van der Waals surface area contributed by atoms with Crippen LogP contribution in [0, 0.1) is 5.92 Å². The molecule has 162 valence electrons. The maximum absolute atomic E-state index is 12.6. The molecule has 0 bridgehead atoms. The van der Waals surface area contributed by atoms with E-state index in [4.69, 9.17) is 0 Å². The van der Waals surface area contributed by atoms with Crippen molar-refractivity contribution >= 4 is 29.4 Å². The highest BCUT2D eigenvalue weighted by molar-refractivity contribution is 7.98. The van der Waals surface area contributed by atoms with Gasteiger partial charge >= 0.3 is 0 Å². The van der Waals surface area contributed by atoms with Gasteiger partial charge in [0.05, 0.1) is 4.75 Å². The third-order valence-electron chi connectivity index (χ3n) is 5.06. The number of aryl methyl sites for hydroxylation is 1. The van der Waals surface area contributed by atoms with Gasteiger partial charge in [-0.05, 0) is 74.0 Å². The summed E-state index contributed by atoms with van der Waals surface area (Å²) in [5, 5.41) is 2.90. The summed E-state index contributed by atoms with van der Waals surface area (Å²) in [5.74, 6) is -0.147. The van der Waals surface area contributed by atoms with Crippen LogP contribution in [0.1, 0.15) is 75.4 Å². The summed E-state index contributed by atoms with van der Waals surface area (Å²) in [6.07, 6.45) is 4.69. The highest BCUT2D eigenvalue weighted by Gasteiger charge is 2.23. The number of anilines is 1. The molecule has 2 N–H and O–H groups in total. The SMILES string of the molecule is CCCCCc1ccc(C(=O)NSC(C)(C)c2ccc(NC(=O)C(C)C)cc2)cc1. The maximum Gasteiger partial charge on any atom is 0.261 e. The highest BCUT2D eigenvalue weighted by Crippen LogP contribution is 2.34. The second-order valence-corrected chi connectivity index (χ2v) is 9.85. The number of benzene rings is 2. The first-order valence-electron chi connectivity index (χ1n) is 10.7. The maximum atomic E-state index is 12.6. The van der Waals surface area contributed by atoms with E-state index in [2.05, 4.69) is 30.8 Å². The van der Waals surface area contributed by atoms with Gasteiger partial charge in [0, 0.05) is 17.2 Å². The Balaban J connectivity index is 1.92. The van der Waals surface area contributed by atoms with Crippen LogP contribution >= 0.6 is 11.9 Å². The molecule has 30 heavy (non-hydrogen) atoms. The van der Waals surface area contributed by atoms with Gasteiger partial charge in [0.15, 0.2) is 0 Å². The molecule has 0 saturated heterocycles. The van der Waals surface area contributed by atoms with Gasteiger partial charge in [0.2, 0.25) is 5.91 Å². The smallest absolute Gasteiger partial charge is 0.261 e. The number of amides is 2. The average Bonchev–Trinajstić information content (AvgIpc) is 2.73. The lowest BCUT2D eigenvalue weighted by Gasteiger charge is -2.24. The Kier molecular flexibility index (Phi) is 8.97. The lowest BCUT2D eigenvalue weighted by atomic mass is 10.0. The Hall–Kier alpha value is -2.27. The first kappa shape index (κ1) is 24.0. The Morgan fingerprint density at radius 1 is 0.967 bits per heavy atom. The summed E-state index contributed by atoms with van der Waals surface area (Å²) < 4.78 is 2.67. The van der Waals surface area contributed by atoms with Crippen LogP contribution in [0.15, 0.2) is 48.5 Å². The lowest BCUT2D eigenvalue weighted by Crippen LogP contribution is -2.24. The van der Waals surface area contributed by atoms with Gasteiger partial charge in [0.1, 0.15) is 0 Å². The van der Waals surface area contributed by atoms with Crippen molar-refractivity contribution in [1.82, 2.24) is 4.72 Å². The molecule has 5 heteroatoms. The predicted octanol–water partition coefficient (Wildman–Crippen LogP) is 6.33. The Morgan fingerprint density at radius 3 is 2.17 bits per heavy atom. The molecule has 0 spiro atoms. The van der Waals surface area contributed by atoms with Gasteiger partial charge in [0.25, 0.3) is 5.91 Å². The molecule has 0 radical (unpaired) electrons. The summed E-state index contributed by atoms with van der Waals surface area (Å²) in [7, 11) is 0. The van der Waals surface area contributed by atoms with E-state index in [1.165, 1.54) is 36.8 Å². The minimum atomic E-state index is -0.309. The molecule has 0 unspecified atom stereocenters. The molecule has 0 saturated carbocycles. The van der Waals surface area contributed by atoms with Crippen LogP contribution in [0.25, 0.3) is 0 Å². The van der Waals surface area contributed by atoms with Crippen molar-refractivity contribution in [3.63, 3.8) is 0 Å². The molecule has 0 aliphatic heterocycles. The third kappa shape index (κ3) is 7.21. The zero-order valence-electron chi connectivity index (χ0n) is 18.7. The van der Waals surface area contributed by atoms with Gasteiger partial charge in [-0.3, -0.25) is 14.3 Å². The van der Waals surface area contributed by atoms with Crippen LogP contribution in [0.2, 0.25) is 0 Å². The fraction of sp³-hybridized carbons (Fsp3) is 0.440. The van der Waals surface area contributed by atoms with Gasteiger partial charge in [-0.25, -0.2) is 0 Å². The largest absolute Gasteiger partial charge is 0.326 e. The monoisotopic (exact) mass is 426 g/mol. The predicted molar refractivity (Wildman–Crippen MR) is 128 cm³/mol. The molecular formula is C25H34N2O2S. The van der Waals surface area contributed by atoms with Crippen LogP contribution in [-0.2, 0) is 16.0 Å². The fourth-order valence-electron chi connectivity index (χ4n) is 2.94. The second-order valence-electron chi connectivity index (χ2n) is 8.42. The molecule has 0 fully saturated rings. The second kappa shape index (κ2) is 11.2. The molecule has 0 aliphatic carbocycles. The number of carbonyl (C=O) groups excluding carboxylic acids is 2. The molecular weight excluding hydrogens is 392 g/mol. The van der Waals surface area contributed by atoms with E-state index in [0.29, 0.717) is 5.56 Å². The highest BCUT2D eigenvalue weighted by atomic mass is 32.2. The summed E-state index contributed by atoms with van der Waals surface area (Å²) in [5.41, 5.74) is 3.80.